The molecule has 1 aromatic carbocycles. The number of hydrogen-bond donors (Lipinski definition) is 0. The van der Waals surface area contributed by atoms with E-state index in [1.807, 2.05) is 35.2 Å². The number of likely N-dealkylation sites (tertiary alicyclic amines) is 1. The summed E-state index contributed by atoms with van der Waals surface area (Å²) in [6, 6.07) is 9.67. The molecule has 142 valence electrons. The lowest BCUT2D eigenvalue weighted by molar-refractivity contribution is -0.148. The molecule has 1 spiro atoms. The average Bonchev–Trinajstić information content (AvgIpc) is 2.99. The molecule has 2 aromatic rings. The number of para-hydroxylation sites is 1. The van der Waals surface area contributed by atoms with Crippen LogP contribution in [0.1, 0.15) is 26.7 Å². The Morgan fingerprint density at radius 1 is 1.11 bits per heavy atom. The first kappa shape index (κ1) is 16.8. The first-order valence-corrected chi connectivity index (χ1v) is 9.69. The quantitative estimate of drug-likeness (QED) is 0.818. The van der Waals surface area contributed by atoms with Crippen molar-refractivity contribution in [3.63, 3.8) is 0 Å². The van der Waals surface area contributed by atoms with Gasteiger partial charge in [-0.2, -0.15) is 0 Å². The van der Waals surface area contributed by atoms with Gasteiger partial charge in [-0.15, -0.1) is 5.06 Å². The topological polar surface area (TPSA) is 54.8 Å². The highest BCUT2D eigenvalue weighted by molar-refractivity contribution is 5.89. The van der Waals surface area contributed by atoms with Crippen LogP contribution in [0.2, 0.25) is 0 Å². The van der Waals surface area contributed by atoms with E-state index in [9.17, 15) is 9.59 Å². The second-order valence-electron chi connectivity index (χ2n) is 9.15. The van der Waals surface area contributed by atoms with E-state index in [1.54, 1.807) is 15.8 Å². The van der Waals surface area contributed by atoms with Crippen molar-refractivity contribution >= 4 is 22.9 Å². The summed E-state index contributed by atoms with van der Waals surface area (Å²) in [4.78, 5) is 32.7. The summed E-state index contributed by atoms with van der Waals surface area (Å²) in [5.74, 6) is 0.507. The lowest BCUT2D eigenvalue weighted by Crippen LogP contribution is -2.60. The van der Waals surface area contributed by atoms with Crippen molar-refractivity contribution in [2.24, 2.45) is 16.7 Å². The molecule has 1 aromatic heterocycles. The van der Waals surface area contributed by atoms with Crippen LogP contribution in [0.25, 0.3) is 10.9 Å². The Labute approximate surface area is 158 Å². The summed E-state index contributed by atoms with van der Waals surface area (Å²) in [5, 5.41) is 2.78. The molecular weight excluding hydrogens is 342 g/mol. The highest BCUT2D eigenvalue weighted by Crippen LogP contribution is 2.54. The van der Waals surface area contributed by atoms with Gasteiger partial charge >= 0.3 is 6.09 Å². The largest absolute Gasteiger partial charge is 0.437 e. The van der Waals surface area contributed by atoms with Crippen molar-refractivity contribution < 1.29 is 14.4 Å². The van der Waals surface area contributed by atoms with Crippen LogP contribution in [-0.4, -0.2) is 52.7 Å². The van der Waals surface area contributed by atoms with Crippen LogP contribution in [0, 0.1) is 16.7 Å². The number of aromatic nitrogens is 1. The molecule has 0 unspecified atom stereocenters. The average molecular weight is 367 g/mol. The molecule has 27 heavy (non-hydrogen) atoms. The minimum Gasteiger partial charge on any atom is -0.350 e. The molecule has 6 nitrogen and oxygen atoms in total. The van der Waals surface area contributed by atoms with Gasteiger partial charge in [0.05, 0.1) is 5.52 Å². The summed E-state index contributed by atoms with van der Waals surface area (Å²) >= 11 is 0. The number of carbonyl (C=O) groups excluding carboxylic acids is 2. The van der Waals surface area contributed by atoms with Crippen LogP contribution in [0.3, 0.4) is 0 Å². The predicted octanol–water partition coefficient (Wildman–Crippen LogP) is 3.12. The van der Waals surface area contributed by atoms with Crippen molar-refractivity contribution in [2.75, 3.05) is 26.2 Å². The van der Waals surface area contributed by atoms with Gasteiger partial charge in [-0.3, -0.25) is 9.36 Å². The Bertz CT molecular complexity index is 926. The van der Waals surface area contributed by atoms with E-state index in [0.29, 0.717) is 12.5 Å². The van der Waals surface area contributed by atoms with Crippen molar-refractivity contribution in [3.05, 3.63) is 36.5 Å². The zero-order valence-electron chi connectivity index (χ0n) is 15.9. The van der Waals surface area contributed by atoms with Gasteiger partial charge in [0, 0.05) is 49.1 Å². The molecule has 3 heterocycles. The first-order chi connectivity index (χ1) is 12.9. The predicted molar refractivity (Wildman–Crippen MR) is 101 cm³/mol. The maximum Gasteiger partial charge on any atom is 0.437 e. The summed E-state index contributed by atoms with van der Waals surface area (Å²) in [6.07, 6.45) is 3.34. The molecular formula is C21H25N3O3. The van der Waals surface area contributed by atoms with Crippen molar-refractivity contribution in [3.8, 4) is 0 Å². The number of amides is 1. The molecule has 0 radical (unpaired) electrons. The third-order valence-electron chi connectivity index (χ3n) is 6.58. The lowest BCUT2D eigenvalue weighted by atomic mass is 9.78. The van der Waals surface area contributed by atoms with Gasteiger partial charge in [-0.1, -0.05) is 32.0 Å². The fraction of sp³-hybridized carbons (Fsp3) is 0.524. The van der Waals surface area contributed by atoms with E-state index in [2.05, 4.69) is 13.8 Å². The fourth-order valence-corrected chi connectivity index (χ4v) is 4.66. The van der Waals surface area contributed by atoms with Crippen LogP contribution in [0.5, 0.6) is 0 Å². The van der Waals surface area contributed by atoms with Crippen LogP contribution >= 0.6 is 0 Å². The van der Waals surface area contributed by atoms with E-state index in [4.69, 9.17) is 4.84 Å². The van der Waals surface area contributed by atoms with E-state index >= 15 is 0 Å². The van der Waals surface area contributed by atoms with Crippen LogP contribution < -0.4 is 0 Å². The van der Waals surface area contributed by atoms with E-state index in [-0.39, 0.29) is 22.8 Å². The van der Waals surface area contributed by atoms with Gasteiger partial charge in [0.15, 0.2) is 0 Å². The summed E-state index contributed by atoms with van der Waals surface area (Å²) in [7, 11) is 0. The van der Waals surface area contributed by atoms with Gasteiger partial charge < -0.3 is 9.74 Å². The zero-order chi connectivity index (χ0) is 18.8. The molecule has 1 atom stereocenters. The standard InChI is InChI=1S/C21H25N3O3/c1-20(2)11-16(20)18(25)22-12-21(13-22)8-10-23(14-21)27-19(26)24-9-7-15-5-3-4-6-17(15)24/h3-7,9,16H,8,10-14H2,1-2H3/t16-/m1/s1. The van der Waals surface area contributed by atoms with Gasteiger partial charge in [0.25, 0.3) is 0 Å². The number of benzene rings is 1. The normalized spacial score (nSPS) is 25.6. The highest BCUT2D eigenvalue weighted by Gasteiger charge is 2.57. The number of rotatable bonds is 2. The number of hydrogen-bond acceptors (Lipinski definition) is 4. The molecule has 2 saturated heterocycles. The van der Waals surface area contributed by atoms with E-state index < -0.39 is 0 Å². The Morgan fingerprint density at radius 2 is 1.85 bits per heavy atom. The number of nitrogens with zero attached hydrogens (tertiary/aromatic N) is 3. The second kappa shape index (κ2) is 5.58. The molecule has 1 amide bonds. The smallest absolute Gasteiger partial charge is 0.350 e. The number of fused-ring (bicyclic) bond motifs is 1. The van der Waals surface area contributed by atoms with Crippen LogP contribution in [0.4, 0.5) is 4.79 Å². The molecule has 3 aliphatic rings. The van der Waals surface area contributed by atoms with Crippen molar-refractivity contribution in [1.82, 2.24) is 14.5 Å². The van der Waals surface area contributed by atoms with Crippen molar-refractivity contribution in [1.29, 1.82) is 0 Å². The van der Waals surface area contributed by atoms with Crippen LogP contribution in [-0.2, 0) is 9.63 Å². The Hall–Kier alpha value is -2.34. The molecule has 3 fully saturated rings. The molecule has 0 bridgehead atoms. The highest BCUT2D eigenvalue weighted by atomic mass is 16.7. The summed E-state index contributed by atoms with van der Waals surface area (Å²) in [6.45, 7) is 7.33. The number of hydroxylamine groups is 2. The Morgan fingerprint density at radius 3 is 2.59 bits per heavy atom. The van der Waals surface area contributed by atoms with Gasteiger partial charge in [0.1, 0.15) is 0 Å². The maximum atomic E-state index is 12.6. The van der Waals surface area contributed by atoms with Gasteiger partial charge in [0.2, 0.25) is 5.91 Å². The molecule has 1 saturated carbocycles. The van der Waals surface area contributed by atoms with E-state index in [1.165, 1.54) is 0 Å². The molecule has 6 heteroatoms. The monoisotopic (exact) mass is 367 g/mol. The van der Waals surface area contributed by atoms with Crippen LogP contribution in [0.15, 0.2) is 36.5 Å². The molecule has 0 N–H and O–H groups in total. The SMILES string of the molecule is CC1(C)C[C@@H]1C(=O)N1CC2(CCN(OC(=O)n3ccc4ccccc43)C2)C1. The zero-order valence-corrected chi connectivity index (χ0v) is 15.9. The summed E-state index contributed by atoms with van der Waals surface area (Å²) < 4.78 is 1.55. The lowest BCUT2D eigenvalue weighted by Gasteiger charge is -2.48. The molecule has 1 aliphatic carbocycles. The molecule has 5 rings (SSSR count). The third kappa shape index (κ3) is 2.74. The summed E-state index contributed by atoms with van der Waals surface area (Å²) in [5.41, 5.74) is 1.12. The first-order valence-electron chi connectivity index (χ1n) is 9.69. The maximum absolute atomic E-state index is 12.6. The Balaban J connectivity index is 1.19. The van der Waals surface area contributed by atoms with Crippen molar-refractivity contribution in [2.45, 2.75) is 26.7 Å². The number of carbonyl (C=O) groups is 2. The second-order valence-corrected chi connectivity index (χ2v) is 9.15. The molecule has 2 aliphatic heterocycles. The third-order valence-corrected chi connectivity index (χ3v) is 6.58. The minimum atomic E-state index is -0.375. The Kier molecular flexibility index (Phi) is 3.47. The fourth-order valence-electron chi connectivity index (χ4n) is 4.66. The van der Waals surface area contributed by atoms with Gasteiger partial charge in [-0.25, -0.2) is 4.79 Å². The van der Waals surface area contributed by atoms with Gasteiger partial charge in [-0.05, 0) is 30.4 Å². The van der Waals surface area contributed by atoms with E-state index in [0.717, 1.165) is 43.4 Å². The minimum absolute atomic E-state index is 0.0910.